The molecule has 20 heavy (non-hydrogen) atoms. The van der Waals surface area contributed by atoms with Crippen molar-refractivity contribution in [3.8, 4) is 0 Å². The third kappa shape index (κ3) is 3.26. The zero-order valence-electron chi connectivity index (χ0n) is 12.9. The van der Waals surface area contributed by atoms with Gasteiger partial charge in [0.2, 0.25) is 11.7 Å². The molecule has 0 N–H and O–H groups in total. The van der Waals surface area contributed by atoms with Crippen LogP contribution in [0.15, 0.2) is 4.52 Å². The van der Waals surface area contributed by atoms with Crippen LogP contribution in [0.25, 0.3) is 0 Å². The van der Waals surface area contributed by atoms with Crippen LogP contribution in [0.3, 0.4) is 0 Å². The zero-order chi connectivity index (χ0) is 14.8. The molecule has 0 bridgehead atoms. The summed E-state index contributed by atoms with van der Waals surface area (Å²) in [5, 5.41) is 4.09. The van der Waals surface area contributed by atoms with Gasteiger partial charge in [-0.05, 0) is 38.0 Å². The molecule has 0 aromatic carbocycles. The minimum Gasteiger partial charge on any atom is -0.370 e. The standard InChI is InChI=1S/C15H24N2O3/c1-11(18)5-6-12-16-13(17-20-12)15(19-4)9-7-14(2,3)8-10-15/h5-10H2,1-4H3. The average molecular weight is 280 g/mol. The van der Waals surface area contributed by atoms with Crippen molar-refractivity contribution in [2.75, 3.05) is 7.11 Å². The van der Waals surface area contributed by atoms with Crippen molar-refractivity contribution in [3.63, 3.8) is 0 Å². The number of nitrogens with zero attached hydrogens (tertiary/aromatic N) is 2. The van der Waals surface area contributed by atoms with Gasteiger partial charge < -0.3 is 14.1 Å². The van der Waals surface area contributed by atoms with Crippen LogP contribution in [0.2, 0.25) is 0 Å². The van der Waals surface area contributed by atoms with Gasteiger partial charge in [0.1, 0.15) is 11.4 Å². The van der Waals surface area contributed by atoms with Crippen LogP contribution >= 0.6 is 0 Å². The van der Waals surface area contributed by atoms with Crippen LogP contribution < -0.4 is 0 Å². The molecule has 1 aliphatic carbocycles. The molecule has 112 valence electrons. The number of aromatic nitrogens is 2. The number of hydrogen-bond acceptors (Lipinski definition) is 5. The lowest BCUT2D eigenvalue weighted by Gasteiger charge is -2.40. The monoisotopic (exact) mass is 280 g/mol. The predicted molar refractivity (Wildman–Crippen MR) is 74.2 cm³/mol. The molecule has 1 aliphatic rings. The molecule has 0 amide bonds. The van der Waals surface area contributed by atoms with Crippen LogP contribution in [0, 0.1) is 5.41 Å². The largest absolute Gasteiger partial charge is 0.370 e. The maximum atomic E-state index is 11.0. The normalized spacial score (nSPS) is 20.8. The zero-order valence-corrected chi connectivity index (χ0v) is 12.9. The molecule has 2 rings (SSSR count). The van der Waals surface area contributed by atoms with E-state index in [0.717, 1.165) is 25.7 Å². The highest BCUT2D eigenvalue weighted by atomic mass is 16.5. The number of ether oxygens (including phenoxy) is 1. The Balaban J connectivity index is 2.10. The van der Waals surface area contributed by atoms with E-state index in [0.29, 0.717) is 30.0 Å². The first kappa shape index (κ1) is 15.2. The predicted octanol–water partition coefficient (Wildman–Crippen LogP) is 3.03. The average Bonchev–Trinajstić information content (AvgIpc) is 2.86. The summed E-state index contributed by atoms with van der Waals surface area (Å²) >= 11 is 0. The number of carbonyl (C=O) groups is 1. The third-order valence-electron chi connectivity index (χ3n) is 4.37. The SMILES string of the molecule is COC1(c2noc(CCC(C)=O)n2)CCC(C)(C)CC1. The van der Waals surface area contributed by atoms with Gasteiger partial charge >= 0.3 is 0 Å². The molecular weight excluding hydrogens is 256 g/mol. The first-order valence-electron chi connectivity index (χ1n) is 7.25. The van der Waals surface area contributed by atoms with Gasteiger partial charge in [-0.2, -0.15) is 4.98 Å². The van der Waals surface area contributed by atoms with E-state index >= 15 is 0 Å². The van der Waals surface area contributed by atoms with Crippen molar-refractivity contribution in [1.82, 2.24) is 10.1 Å². The van der Waals surface area contributed by atoms with Crippen LogP contribution in [0.4, 0.5) is 0 Å². The lowest BCUT2D eigenvalue weighted by molar-refractivity contribution is -0.117. The molecule has 0 atom stereocenters. The Hall–Kier alpha value is -1.23. The number of rotatable bonds is 5. The lowest BCUT2D eigenvalue weighted by atomic mass is 9.70. The summed E-state index contributed by atoms with van der Waals surface area (Å²) in [4.78, 5) is 15.4. The van der Waals surface area contributed by atoms with Gasteiger partial charge in [0.25, 0.3) is 0 Å². The molecular formula is C15H24N2O3. The first-order chi connectivity index (χ1) is 9.37. The quantitative estimate of drug-likeness (QED) is 0.829. The molecule has 1 aromatic heterocycles. The van der Waals surface area contributed by atoms with Crippen molar-refractivity contribution < 1.29 is 14.1 Å². The van der Waals surface area contributed by atoms with Gasteiger partial charge in [-0.15, -0.1) is 0 Å². The molecule has 1 heterocycles. The highest BCUT2D eigenvalue weighted by Crippen LogP contribution is 2.46. The van der Waals surface area contributed by atoms with Gasteiger partial charge in [0.15, 0.2) is 0 Å². The molecule has 1 fully saturated rings. The number of hydrogen-bond donors (Lipinski definition) is 0. The minimum atomic E-state index is -0.423. The third-order valence-corrected chi connectivity index (χ3v) is 4.37. The number of aryl methyl sites for hydroxylation is 1. The first-order valence-corrected chi connectivity index (χ1v) is 7.25. The van der Waals surface area contributed by atoms with Gasteiger partial charge in [0.05, 0.1) is 0 Å². The molecule has 0 aliphatic heterocycles. The highest BCUT2D eigenvalue weighted by Gasteiger charge is 2.43. The van der Waals surface area contributed by atoms with Crippen LogP contribution in [0.1, 0.15) is 64.6 Å². The molecule has 0 unspecified atom stereocenters. The highest BCUT2D eigenvalue weighted by molar-refractivity contribution is 5.75. The van der Waals surface area contributed by atoms with E-state index in [1.807, 2.05) is 0 Å². The molecule has 5 nitrogen and oxygen atoms in total. The fourth-order valence-corrected chi connectivity index (χ4v) is 2.67. The fraction of sp³-hybridized carbons (Fsp3) is 0.800. The summed E-state index contributed by atoms with van der Waals surface area (Å²) in [5.41, 5.74) is -0.0727. The van der Waals surface area contributed by atoms with Crippen molar-refractivity contribution in [3.05, 3.63) is 11.7 Å². The summed E-state index contributed by atoms with van der Waals surface area (Å²) < 4.78 is 11.0. The Labute approximate surface area is 120 Å². The second-order valence-corrected chi connectivity index (χ2v) is 6.58. The van der Waals surface area contributed by atoms with E-state index < -0.39 is 5.60 Å². The van der Waals surface area contributed by atoms with E-state index in [4.69, 9.17) is 9.26 Å². The van der Waals surface area contributed by atoms with Gasteiger partial charge in [0, 0.05) is 20.0 Å². The number of ketones is 1. The van der Waals surface area contributed by atoms with Crippen LogP contribution in [-0.4, -0.2) is 23.0 Å². The van der Waals surface area contributed by atoms with Crippen LogP contribution in [0.5, 0.6) is 0 Å². The van der Waals surface area contributed by atoms with Crippen molar-refractivity contribution in [2.24, 2.45) is 5.41 Å². The Bertz CT molecular complexity index is 469. The van der Waals surface area contributed by atoms with Crippen molar-refractivity contribution >= 4 is 5.78 Å². The Kier molecular flexibility index (Phi) is 4.28. The molecule has 0 radical (unpaired) electrons. The lowest BCUT2D eigenvalue weighted by Crippen LogP contribution is -2.37. The summed E-state index contributed by atoms with van der Waals surface area (Å²) in [5.74, 6) is 1.29. The van der Waals surface area contributed by atoms with Crippen molar-refractivity contribution in [2.45, 2.75) is 64.9 Å². The number of carbonyl (C=O) groups excluding carboxylic acids is 1. The van der Waals surface area contributed by atoms with Crippen LogP contribution in [-0.2, 0) is 21.6 Å². The number of methoxy groups -OCH3 is 1. The molecule has 0 saturated heterocycles. The van der Waals surface area contributed by atoms with Crippen molar-refractivity contribution in [1.29, 1.82) is 0 Å². The van der Waals surface area contributed by atoms with Gasteiger partial charge in [-0.3, -0.25) is 0 Å². The maximum absolute atomic E-state index is 11.0. The van der Waals surface area contributed by atoms with E-state index in [1.165, 1.54) is 0 Å². The Morgan fingerprint density at radius 2 is 1.95 bits per heavy atom. The van der Waals surface area contributed by atoms with E-state index in [9.17, 15) is 4.79 Å². The molecule has 0 spiro atoms. The molecule has 1 saturated carbocycles. The number of Topliss-reactive ketones (excluding diaryl/α,β-unsaturated/α-hetero) is 1. The fourth-order valence-electron chi connectivity index (χ4n) is 2.67. The maximum Gasteiger partial charge on any atom is 0.227 e. The summed E-state index contributed by atoms with van der Waals surface area (Å²) in [6, 6.07) is 0. The second-order valence-electron chi connectivity index (χ2n) is 6.58. The van der Waals surface area contributed by atoms with E-state index in [-0.39, 0.29) is 5.78 Å². The Morgan fingerprint density at radius 3 is 2.50 bits per heavy atom. The smallest absolute Gasteiger partial charge is 0.227 e. The van der Waals surface area contributed by atoms with Gasteiger partial charge in [-0.25, -0.2) is 0 Å². The topological polar surface area (TPSA) is 65.2 Å². The second kappa shape index (κ2) is 5.64. The summed E-state index contributed by atoms with van der Waals surface area (Å²) in [6.07, 6.45) is 4.92. The summed E-state index contributed by atoms with van der Waals surface area (Å²) in [7, 11) is 1.71. The molecule has 5 heteroatoms. The minimum absolute atomic E-state index is 0.130. The summed E-state index contributed by atoms with van der Waals surface area (Å²) in [6.45, 7) is 6.12. The molecule has 1 aromatic rings. The Morgan fingerprint density at radius 1 is 1.30 bits per heavy atom. The van der Waals surface area contributed by atoms with E-state index in [1.54, 1.807) is 14.0 Å². The van der Waals surface area contributed by atoms with Gasteiger partial charge in [-0.1, -0.05) is 19.0 Å². The van der Waals surface area contributed by atoms with E-state index in [2.05, 4.69) is 24.0 Å².